The average molecular weight is 321 g/mol. The number of carboxylic acid groups (broad SMARTS) is 1. The third-order valence-electron chi connectivity index (χ3n) is 3.36. The van der Waals surface area contributed by atoms with Gasteiger partial charge in [-0.15, -0.1) is 0 Å². The molecule has 0 amide bonds. The van der Waals surface area contributed by atoms with Crippen molar-refractivity contribution in [2.24, 2.45) is 0 Å². The van der Waals surface area contributed by atoms with E-state index in [1.54, 1.807) is 36.7 Å². The molecule has 1 aromatic carbocycles. The zero-order chi connectivity index (χ0) is 16.9. The summed E-state index contributed by atoms with van der Waals surface area (Å²) < 4.78 is 5.36. The van der Waals surface area contributed by atoms with Gasteiger partial charge in [-0.2, -0.15) is 0 Å². The highest BCUT2D eigenvalue weighted by molar-refractivity contribution is 5.92. The van der Waals surface area contributed by atoms with E-state index in [9.17, 15) is 9.90 Å². The molecule has 0 saturated heterocycles. The first-order chi connectivity index (χ1) is 11.7. The number of aromatic nitrogens is 3. The van der Waals surface area contributed by atoms with Crippen molar-refractivity contribution in [3.05, 3.63) is 60.4 Å². The Kier molecular flexibility index (Phi) is 4.47. The lowest BCUT2D eigenvalue weighted by Crippen LogP contribution is -2.03. The second-order valence-corrected chi connectivity index (χ2v) is 4.93. The van der Waals surface area contributed by atoms with Gasteiger partial charge in [-0.3, -0.25) is 4.98 Å². The number of carboxylic acids is 1. The Hall–Kier alpha value is -3.28. The van der Waals surface area contributed by atoms with Crippen LogP contribution >= 0.6 is 0 Å². The molecular formula is C18H15N3O3. The van der Waals surface area contributed by atoms with E-state index in [-0.39, 0.29) is 5.56 Å². The molecule has 0 radical (unpaired) electrons. The lowest BCUT2D eigenvalue weighted by Gasteiger charge is -2.09. The first-order valence-corrected chi connectivity index (χ1v) is 7.44. The van der Waals surface area contributed by atoms with Crippen molar-refractivity contribution < 1.29 is 14.6 Å². The van der Waals surface area contributed by atoms with E-state index in [1.165, 1.54) is 0 Å². The summed E-state index contributed by atoms with van der Waals surface area (Å²) in [5, 5.41) is 9.37. The van der Waals surface area contributed by atoms with Crippen molar-refractivity contribution in [3.63, 3.8) is 0 Å². The number of hydrogen-bond donors (Lipinski definition) is 1. The lowest BCUT2D eigenvalue weighted by molar-refractivity contribution is 0.0692. The standard InChI is InChI=1S/C18H15N3O3/c1-2-24-16-7-6-12(11-13(16)18(22)23)14-8-10-20-17(21-14)15-5-3-4-9-19-15/h3-11H,2H2,1H3,(H,22,23). The van der Waals surface area contributed by atoms with Crippen molar-refractivity contribution in [3.8, 4) is 28.5 Å². The maximum absolute atomic E-state index is 11.4. The third-order valence-corrected chi connectivity index (χ3v) is 3.36. The summed E-state index contributed by atoms with van der Waals surface area (Å²) in [6, 6.07) is 12.2. The highest BCUT2D eigenvalue weighted by atomic mass is 16.5. The van der Waals surface area contributed by atoms with Crippen LogP contribution in [0.15, 0.2) is 54.9 Å². The molecule has 0 atom stereocenters. The minimum atomic E-state index is -1.04. The number of pyridine rings is 1. The number of benzene rings is 1. The minimum Gasteiger partial charge on any atom is -0.493 e. The molecule has 6 heteroatoms. The zero-order valence-electron chi connectivity index (χ0n) is 13.0. The van der Waals surface area contributed by atoms with Crippen molar-refractivity contribution in [1.29, 1.82) is 0 Å². The Balaban J connectivity index is 2.03. The van der Waals surface area contributed by atoms with Crippen LogP contribution in [0.3, 0.4) is 0 Å². The van der Waals surface area contributed by atoms with Gasteiger partial charge in [-0.1, -0.05) is 6.07 Å². The van der Waals surface area contributed by atoms with E-state index >= 15 is 0 Å². The molecule has 120 valence electrons. The SMILES string of the molecule is CCOc1ccc(-c2ccnc(-c3ccccn3)n2)cc1C(=O)O. The van der Waals surface area contributed by atoms with Gasteiger partial charge >= 0.3 is 5.97 Å². The van der Waals surface area contributed by atoms with Gasteiger partial charge in [0, 0.05) is 18.0 Å². The topological polar surface area (TPSA) is 85.2 Å². The van der Waals surface area contributed by atoms with Gasteiger partial charge in [0.1, 0.15) is 17.0 Å². The van der Waals surface area contributed by atoms with E-state index in [1.807, 2.05) is 25.1 Å². The number of aromatic carboxylic acids is 1. The number of ether oxygens (including phenoxy) is 1. The Labute approximate surface area is 138 Å². The summed E-state index contributed by atoms with van der Waals surface area (Å²) in [6.07, 6.45) is 3.30. The first kappa shape index (κ1) is 15.6. The van der Waals surface area contributed by atoms with Gasteiger partial charge in [-0.05, 0) is 43.3 Å². The van der Waals surface area contributed by atoms with Gasteiger partial charge in [0.2, 0.25) is 0 Å². The minimum absolute atomic E-state index is 0.104. The first-order valence-electron chi connectivity index (χ1n) is 7.44. The highest BCUT2D eigenvalue weighted by Gasteiger charge is 2.14. The predicted octanol–water partition coefficient (Wildman–Crippen LogP) is 3.30. The molecule has 0 saturated carbocycles. The van der Waals surface area contributed by atoms with Gasteiger partial charge in [0.05, 0.1) is 12.3 Å². The fourth-order valence-electron chi connectivity index (χ4n) is 2.28. The summed E-state index contributed by atoms with van der Waals surface area (Å²) in [7, 11) is 0. The van der Waals surface area contributed by atoms with Crippen molar-refractivity contribution >= 4 is 5.97 Å². The van der Waals surface area contributed by atoms with Gasteiger partial charge in [0.15, 0.2) is 5.82 Å². The predicted molar refractivity (Wildman–Crippen MR) is 88.8 cm³/mol. The molecule has 0 fully saturated rings. The van der Waals surface area contributed by atoms with Crippen LogP contribution in [-0.4, -0.2) is 32.6 Å². The number of hydrogen-bond acceptors (Lipinski definition) is 5. The quantitative estimate of drug-likeness (QED) is 0.776. The number of rotatable bonds is 5. The monoisotopic (exact) mass is 321 g/mol. The van der Waals surface area contributed by atoms with E-state index < -0.39 is 5.97 Å². The average Bonchev–Trinajstić information content (AvgIpc) is 2.63. The molecule has 6 nitrogen and oxygen atoms in total. The highest BCUT2D eigenvalue weighted by Crippen LogP contribution is 2.26. The molecule has 3 rings (SSSR count). The normalized spacial score (nSPS) is 10.4. The molecule has 2 heterocycles. The van der Waals surface area contributed by atoms with Crippen molar-refractivity contribution in [2.75, 3.05) is 6.61 Å². The molecule has 0 aliphatic rings. The van der Waals surface area contributed by atoms with Gasteiger partial charge in [0.25, 0.3) is 0 Å². The Morgan fingerprint density at radius 2 is 1.96 bits per heavy atom. The van der Waals surface area contributed by atoms with Gasteiger partial charge < -0.3 is 9.84 Å². The largest absolute Gasteiger partial charge is 0.493 e. The maximum Gasteiger partial charge on any atom is 0.339 e. The summed E-state index contributed by atoms with van der Waals surface area (Å²) in [6.45, 7) is 2.21. The molecule has 2 aromatic heterocycles. The van der Waals surface area contributed by atoms with Crippen LogP contribution in [0.1, 0.15) is 17.3 Å². The number of carbonyl (C=O) groups is 1. The van der Waals surface area contributed by atoms with Crippen LogP contribution in [0.25, 0.3) is 22.8 Å². The smallest absolute Gasteiger partial charge is 0.339 e. The Morgan fingerprint density at radius 3 is 2.67 bits per heavy atom. The Morgan fingerprint density at radius 1 is 1.08 bits per heavy atom. The fourth-order valence-corrected chi connectivity index (χ4v) is 2.28. The van der Waals surface area contributed by atoms with E-state index in [4.69, 9.17) is 4.74 Å². The molecular weight excluding hydrogens is 306 g/mol. The molecule has 0 unspecified atom stereocenters. The molecule has 24 heavy (non-hydrogen) atoms. The van der Waals surface area contributed by atoms with Crippen molar-refractivity contribution in [2.45, 2.75) is 6.92 Å². The van der Waals surface area contributed by atoms with Crippen LogP contribution < -0.4 is 4.74 Å². The molecule has 0 aliphatic heterocycles. The molecule has 1 N–H and O–H groups in total. The van der Waals surface area contributed by atoms with Crippen LogP contribution in [0.5, 0.6) is 5.75 Å². The van der Waals surface area contributed by atoms with E-state index in [0.29, 0.717) is 35.1 Å². The van der Waals surface area contributed by atoms with Crippen molar-refractivity contribution in [1.82, 2.24) is 15.0 Å². The molecule has 0 aliphatic carbocycles. The summed E-state index contributed by atoms with van der Waals surface area (Å²) in [4.78, 5) is 24.4. The van der Waals surface area contributed by atoms with Crippen LogP contribution in [-0.2, 0) is 0 Å². The van der Waals surface area contributed by atoms with Gasteiger partial charge in [-0.25, -0.2) is 14.8 Å². The third kappa shape index (κ3) is 3.22. The van der Waals surface area contributed by atoms with Crippen LogP contribution in [0.4, 0.5) is 0 Å². The summed E-state index contributed by atoms with van der Waals surface area (Å²) in [5.74, 6) is -0.217. The van der Waals surface area contributed by atoms with E-state index in [0.717, 1.165) is 0 Å². The fraction of sp³-hybridized carbons (Fsp3) is 0.111. The Bertz CT molecular complexity index is 866. The second-order valence-electron chi connectivity index (χ2n) is 4.93. The molecule has 0 bridgehead atoms. The second kappa shape index (κ2) is 6.87. The number of nitrogens with zero attached hydrogens (tertiary/aromatic N) is 3. The summed E-state index contributed by atoms with van der Waals surface area (Å²) >= 11 is 0. The zero-order valence-corrected chi connectivity index (χ0v) is 13.0. The molecule has 3 aromatic rings. The van der Waals surface area contributed by atoms with Crippen LogP contribution in [0, 0.1) is 0 Å². The summed E-state index contributed by atoms with van der Waals surface area (Å²) in [5.41, 5.74) is 2.06. The maximum atomic E-state index is 11.4. The lowest BCUT2D eigenvalue weighted by atomic mass is 10.1. The van der Waals surface area contributed by atoms with E-state index in [2.05, 4.69) is 15.0 Å². The van der Waals surface area contributed by atoms with Crippen LogP contribution in [0.2, 0.25) is 0 Å². The molecule has 0 spiro atoms.